The molecule has 21 heavy (non-hydrogen) atoms. The van der Waals surface area contributed by atoms with Crippen LogP contribution in [0.15, 0.2) is 30.3 Å². The van der Waals surface area contributed by atoms with Gasteiger partial charge in [0.1, 0.15) is 0 Å². The molecule has 0 aliphatic heterocycles. The summed E-state index contributed by atoms with van der Waals surface area (Å²) in [5, 5.41) is 10.1. The second-order valence-corrected chi connectivity index (χ2v) is 5.89. The molecule has 4 nitrogen and oxygen atoms in total. The van der Waals surface area contributed by atoms with Crippen LogP contribution in [0.25, 0.3) is 0 Å². The van der Waals surface area contributed by atoms with Crippen molar-refractivity contribution in [2.24, 2.45) is 0 Å². The summed E-state index contributed by atoms with van der Waals surface area (Å²) in [6.45, 7) is 4.12. The molecule has 2 aromatic rings. The Morgan fingerprint density at radius 2 is 2.19 bits per heavy atom. The quantitative estimate of drug-likeness (QED) is 0.904. The summed E-state index contributed by atoms with van der Waals surface area (Å²) in [7, 11) is 0. The zero-order valence-corrected chi connectivity index (χ0v) is 12.6. The van der Waals surface area contributed by atoms with Gasteiger partial charge in [-0.3, -0.25) is 9.89 Å². The molecule has 0 radical (unpaired) electrons. The predicted molar refractivity (Wildman–Crippen MR) is 83.3 cm³/mol. The molecular weight excluding hydrogens is 262 g/mol. The highest BCUT2D eigenvalue weighted by atomic mass is 16.2. The number of aryl methyl sites for hydroxylation is 2. The summed E-state index contributed by atoms with van der Waals surface area (Å²) < 4.78 is 0. The van der Waals surface area contributed by atoms with E-state index in [0.717, 1.165) is 36.9 Å². The fourth-order valence-corrected chi connectivity index (χ4v) is 2.96. The number of nitrogens with zero attached hydrogens (tertiary/aromatic N) is 1. The van der Waals surface area contributed by atoms with Gasteiger partial charge in [-0.25, -0.2) is 0 Å². The van der Waals surface area contributed by atoms with E-state index in [9.17, 15) is 4.79 Å². The Morgan fingerprint density at radius 1 is 1.38 bits per heavy atom. The van der Waals surface area contributed by atoms with Crippen LogP contribution < -0.4 is 5.32 Å². The number of hydrogen-bond donors (Lipinski definition) is 2. The van der Waals surface area contributed by atoms with Gasteiger partial charge in [-0.05, 0) is 31.7 Å². The first-order valence-corrected chi connectivity index (χ1v) is 7.57. The molecule has 1 heterocycles. The SMILES string of the molecule is CCc1cc(NC(=O)C2(c3cccc(C)c3)CCC2)n[nH]1. The summed E-state index contributed by atoms with van der Waals surface area (Å²) in [5.41, 5.74) is 2.97. The van der Waals surface area contributed by atoms with Gasteiger partial charge in [0, 0.05) is 11.8 Å². The number of carbonyl (C=O) groups is 1. The maximum absolute atomic E-state index is 12.8. The van der Waals surface area contributed by atoms with Gasteiger partial charge >= 0.3 is 0 Å². The van der Waals surface area contributed by atoms with E-state index in [1.165, 1.54) is 5.56 Å². The van der Waals surface area contributed by atoms with Crippen molar-refractivity contribution in [3.05, 3.63) is 47.2 Å². The van der Waals surface area contributed by atoms with Crippen LogP contribution in [0.5, 0.6) is 0 Å². The maximum Gasteiger partial charge on any atom is 0.236 e. The molecule has 0 saturated heterocycles. The van der Waals surface area contributed by atoms with E-state index in [0.29, 0.717) is 5.82 Å². The number of rotatable bonds is 4. The molecule has 1 fully saturated rings. The van der Waals surface area contributed by atoms with Crippen LogP contribution in [0.2, 0.25) is 0 Å². The van der Waals surface area contributed by atoms with Gasteiger partial charge in [-0.2, -0.15) is 5.10 Å². The fraction of sp³-hybridized carbons (Fsp3) is 0.412. The number of nitrogens with one attached hydrogen (secondary N) is 2. The van der Waals surface area contributed by atoms with Gasteiger partial charge in [0.15, 0.2) is 5.82 Å². The van der Waals surface area contributed by atoms with E-state index in [4.69, 9.17) is 0 Å². The molecule has 1 aromatic carbocycles. The zero-order chi connectivity index (χ0) is 14.9. The molecule has 1 amide bonds. The average Bonchev–Trinajstić information content (AvgIpc) is 2.85. The highest BCUT2D eigenvalue weighted by molar-refractivity contribution is 5.99. The molecule has 110 valence electrons. The van der Waals surface area contributed by atoms with E-state index in [1.54, 1.807) is 0 Å². The van der Waals surface area contributed by atoms with Crippen molar-refractivity contribution in [2.45, 2.75) is 44.9 Å². The van der Waals surface area contributed by atoms with Gasteiger partial charge < -0.3 is 5.32 Å². The molecule has 1 saturated carbocycles. The summed E-state index contributed by atoms with van der Waals surface area (Å²) >= 11 is 0. The topological polar surface area (TPSA) is 57.8 Å². The molecule has 1 aromatic heterocycles. The van der Waals surface area contributed by atoms with Crippen LogP contribution in [0.4, 0.5) is 5.82 Å². The van der Waals surface area contributed by atoms with Crippen LogP contribution in [0.3, 0.4) is 0 Å². The lowest BCUT2D eigenvalue weighted by Crippen LogP contribution is -2.46. The minimum absolute atomic E-state index is 0.0634. The van der Waals surface area contributed by atoms with Crippen molar-refractivity contribution in [1.82, 2.24) is 10.2 Å². The third kappa shape index (κ3) is 2.46. The molecule has 2 N–H and O–H groups in total. The van der Waals surface area contributed by atoms with E-state index < -0.39 is 0 Å². The Kier molecular flexibility index (Phi) is 3.53. The van der Waals surface area contributed by atoms with E-state index >= 15 is 0 Å². The fourth-order valence-electron chi connectivity index (χ4n) is 2.96. The minimum atomic E-state index is -0.378. The molecule has 1 aliphatic carbocycles. The third-order valence-corrected chi connectivity index (χ3v) is 4.47. The first-order chi connectivity index (χ1) is 10.1. The van der Waals surface area contributed by atoms with Crippen molar-refractivity contribution in [2.75, 3.05) is 5.32 Å². The smallest absolute Gasteiger partial charge is 0.236 e. The zero-order valence-electron chi connectivity index (χ0n) is 12.6. The first-order valence-electron chi connectivity index (χ1n) is 7.57. The molecule has 0 bridgehead atoms. The van der Waals surface area contributed by atoms with Crippen molar-refractivity contribution in [3.63, 3.8) is 0 Å². The highest BCUT2D eigenvalue weighted by Crippen LogP contribution is 2.44. The predicted octanol–water partition coefficient (Wildman–Crippen LogP) is 3.34. The van der Waals surface area contributed by atoms with Crippen molar-refractivity contribution in [1.29, 1.82) is 0 Å². The summed E-state index contributed by atoms with van der Waals surface area (Å²) in [4.78, 5) is 12.8. The molecule has 0 atom stereocenters. The molecule has 4 heteroatoms. The third-order valence-electron chi connectivity index (χ3n) is 4.47. The lowest BCUT2D eigenvalue weighted by Gasteiger charge is -2.40. The average molecular weight is 283 g/mol. The number of anilines is 1. The molecule has 0 unspecified atom stereocenters. The van der Waals surface area contributed by atoms with E-state index in [-0.39, 0.29) is 11.3 Å². The number of benzene rings is 1. The molecular formula is C17H21N3O. The molecule has 1 aliphatic rings. The lowest BCUT2D eigenvalue weighted by molar-refractivity contribution is -0.124. The second-order valence-electron chi connectivity index (χ2n) is 5.89. The van der Waals surface area contributed by atoms with Gasteiger partial charge in [0.2, 0.25) is 5.91 Å². The van der Waals surface area contributed by atoms with E-state index in [2.05, 4.69) is 47.6 Å². The number of H-pyrrole nitrogens is 1. The van der Waals surface area contributed by atoms with Crippen molar-refractivity contribution in [3.8, 4) is 0 Å². The number of aromatic nitrogens is 2. The lowest BCUT2D eigenvalue weighted by atomic mass is 9.63. The van der Waals surface area contributed by atoms with Crippen molar-refractivity contribution >= 4 is 11.7 Å². The van der Waals surface area contributed by atoms with Gasteiger partial charge in [-0.15, -0.1) is 0 Å². The largest absolute Gasteiger partial charge is 0.308 e. The Hall–Kier alpha value is -2.10. The Labute approximate surface area is 125 Å². The van der Waals surface area contributed by atoms with Crippen LogP contribution >= 0.6 is 0 Å². The summed E-state index contributed by atoms with van der Waals surface area (Å²) in [6.07, 6.45) is 3.80. The van der Waals surface area contributed by atoms with Crippen LogP contribution in [0.1, 0.15) is 43.0 Å². The summed E-state index contributed by atoms with van der Waals surface area (Å²) in [6, 6.07) is 10.2. The van der Waals surface area contributed by atoms with Crippen LogP contribution in [-0.2, 0) is 16.6 Å². The normalized spacial score (nSPS) is 16.3. The van der Waals surface area contributed by atoms with Gasteiger partial charge in [-0.1, -0.05) is 43.2 Å². The van der Waals surface area contributed by atoms with E-state index in [1.807, 2.05) is 12.1 Å². The van der Waals surface area contributed by atoms with Crippen molar-refractivity contribution < 1.29 is 4.79 Å². The van der Waals surface area contributed by atoms with Gasteiger partial charge in [0.05, 0.1) is 5.41 Å². The first kappa shape index (κ1) is 13.9. The van der Waals surface area contributed by atoms with Crippen LogP contribution in [0, 0.1) is 6.92 Å². The number of hydrogen-bond acceptors (Lipinski definition) is 2. The summed E-state index contributed by atoms with van der Waals surface area (Å²) in [5.74, 6) is 0.685. The monoisotopic (exact) mass is 283 g/mol. The molecule has 3 rings (SSSR count). The molecule has 0 spiro atoms. The Balaban J connectivity index is 1.84. The highest BCUT2D eigenvalue weighted by Gasteiger charge is 2.45. The Bertz CT molecular complexity index is 656. The Morgan fingerprint density at radius 3 is 2.76 bits per heavy atom. The second kappa shape index (κ2) is 5.35. The standard InChI is InChI=1S/C17H21N3O/c1-3-14-11-15(20-19-14)18-16(21)17(8-5-9-17)13-7-4-6-12(2)10-13/h4,6-7,10-11H,3,5,8-9H2,1-2H3,(H2,18,19,20,21). The maximum atomic E-state index is 12.8. The van der Waals surface area contributed by atoms with Gasteiger partial charge in [0.25, 0.3) is 0 Å². The van der Waals surface area contributed by atoms with Crippen LogP contribution in [-0.4, -0.2) is 16.1 Å². The number of carbonyl (C=O) groups excluding carboxylic acids is 1. The number of aromatic amines is 1. The number of amides is 1. The minimum Gasteiger partial charge on any atom is -0.308 e.